The van der Waals surface area contributed by atoms with Gasteiger partial charge in [-0.3, -0.25) is 0 Å². The summed E-state index contributed by atoms with van der Waals surface area (Å²) in [4.78, 5) is 3.49. The maximum atomic E-state index is 13.6. The van der Waals surface area contributed by atoms with Gasteiger partial charge in [0.25, 0.3) is 0 Å². The molecular weight excluding hydrogens is 372 g/mol. The molecule has 1 N–H and O–H groups in total. The van der Waals surface area contributed by atoms with E-state index in [9.17, 15) is 26.3 Å². The molecule has 1 aromatic heterocycles. The van der Waals surface area contributed by atoms with Crippen LogP contribution in [0.4, 0.5) is 32.0 Å². The SMILES string of the molecule is Cc1nc(C(F)(F)F)cn1-c1ccc(NCc2c(F)cc(F)cc2F)cc1. The Labute approximate surface area is 150 Å². The van der Waals surface area contributed by atoms with Gasteiger partial charge in [-0.1, -0.05) is 0 Å². The van der Waals surface area contributed by atoms with E-state index in [2.05, 4.69) is 10.3 Å². The van der Waals surface area contributed by atoms with E-state index in [1.165, 1.54) is 23.6 Å². The van der Waals surface area contributed by atoms with Crippen LogP contribution in [-0.2, 0) is 12.7 Å². The van der Waals surface area contributed by atoms with Crippen molar-refractivity contribution in [2.75, 3.05) is 5.32 Å². The molecule has 9 heteroatoms. The van der Waals surface area contributed by atoms with Gasteiger partial charge in [-0.15, -0.1) is 0 Å². The van der Waals surface area contributed by atoms with Crippen molar-refractivity contribution in [3.05, 3.63) is 77.1 Å². The molecule has 0 aliphatic heterocycles. The molecule has 3 nitrogen and oxygen atoms in total. The monoisotopic (exact) mass is 385 g/mol. The van der Waals surface area contributed by atoms with Gasteiger partial charge in [0.15, 0.2) is 5.69 Å². The van der Waals surface area contributed by atoms with Crippen LogP contribution in [0.15, 0.2) is 42.6 Å². The van der Waals surface area contributed by atoms with Crippen molar-refractivity contribution in [3.8, 4) is 5.69 Å². The van der Waals surface area contributed by atoms with Gasteiger partial charge in [-0.05, 0) is 31.2 Å². The second kappa shape index (κ2) is 6.98. The average Bonchev–Trinajstić information content (AvgIpc) is 2.96. The minimum Gasteiger partial charge on any atom is -0.381 e. The van der Waals surface area contributed by atoms with Gasteiger partial charge in [-0.25, -0.2) is 18.2 Å². The first-order valence-corrected chi connectivity index (χ1v) is 7.76. The maximum absolute atomic E-state index is 13.6. The molecule has 3 rings (SSSR count). The topological polar surface area (TPSA) is 29.9 Å². The van der Waals surface area contributed by atoms with Crippen molar-refractivity contribution in [2.45, 2.75) is 19.6 Å². The van der Waals surface area contributed by atoms with Crippen molar-refractivity contribution in [1.82, 2.24) is 9.55 Å². The molecule has 3 aromatic rings. The van der Waals surface area contributed by atoms with Crippen LogP contribution < -0.4 is 5.32 Å². The van der Waals surface area contributed by atoms with Gasteiger partial charge in [-0.2, -0.15) is 13.2 Å². The van der Waals surface area contributed by atoms with Crippen LogP contribution in [0.2, 0.25) is 0 Å². The summed E-state index contributed by atoms with van der Waals surface area (Å²) in [7, 11) is 0. The molecule has 0 atom stereocenters. The third kappa shape index (κ3) is 4.07. The fourth-order valence-corrected chi connectivity index (χ4v) is 2.54. The highest BCUT2D eigenvalue weighted by molar-refractivity contribution is 5.49. The van der Waals surface area contributed by atoms with E-state index in [1.807, 2.05) is 0 Å². The molecule has 0 saturated heterocycles. The second-order valence-electron chi connectivity index (χ2n) is 5.79. The van der Waals surface area contributed by atoms with Crippen LogP contribution in [-0.4, -0.2) is 9.55 Å². The minimum atomic E-state index is -4.54. The van der Waals surface area contributed by atoms with Crippen LogP contribution in [0.5, 0.6) is 0 Å². The van der Waals surface area contributed by atoms with E-state index >= 15 is 0 Å². The molecule has 0 bridgehead atoms. The van der Waals surface area contributed by atoms with Gasteiger partial charge in [0.05, 0.1) is 0 Å². The van der Waals surface area contributed by atoms with Crippen LogP contribution >= 0.6 is 0 Å². The van der Waals surface area contributed by atoms with Gasteiger partial charge < -0.3 is 9.88 Å². The van der Waals surface area contributed by atoms with Crippen molar-refractivity contribution < 1.29 is 26.3 Å². The fourth-order valence-electron chi connectivity index (χ4n) is 2.54. The summed E-state index contributed by atoms with van der Waals surface area (Å²) in [5.41, 5.74) is -0.388. The second-order valence-corrected chi connectivity index (χ2v) is 5.79. The minimum absolute atomic E-state index is 0.165. The summed E-state index contributed by atoms with van der Waals surface area (Å²) in [6.07, 6.45) is -3.65. The Hall–Kier alpha value is -2.97. The van der Waals surface area contributed by atoms with Crippen LogP contribution in [0.3, 0.4) is 0 Å². The Bertz CT molecular complexity index is 937. The zero-order valence-electron chi connectivity index (χ0n) is 13.9. The number of alkyl halides is 3. The largest absolute Gasteiger partial charge is 0.434 e. The highest BCUT2D eigenvalue weighted by atomic mass is 19.4. The van der Waals surface area contributed by atoms with Gasteiger partial charge in [0.2, 0.25) is 0 Å². The third-order valence-electron chi connectivity index (χ3n) is 3.89. The Morgan fingerprint density at radius 3 is 2.11 bits per heavy atom. The number of aromatic nitrogens is 2. The molecule has 27 heavy (non-hydrogen) atoms. The molecule has 0 spiro atoms. The quantitative estimate of drug-likeness (QED) is 0.624. The lowest BCUT2D eigenvalue weighted by Gasteiger charge is -2.10. The number of aryl methyl sites for hydroxylation is 1. The number of hydrogen-bond acceptors (Lipinski definition) is 2. The molecule has 2 aromatic carbocycles. The Kier molecular flexibility index (Phi) is 4.86. The molecule has 0 fully saturated rings. The summed E-state index contributed by atoms with van der Waals surface area (Å²) in [6.45, 7) is 1.22. The number of rotatable bonds is 4. The van der Waals surface area contributed by atoms with Crippen LogP contribution in [0, 0.1) is 24.4 Å². The predicted molar refractivity (Wildman–Crippen MR) is 86.9 cm³/mol. The number of halogens is 6. The molecule has 0 saturated carbocycles. The first kappa shape index (κ1) is 18.8. The smallest absolute Gasteiger partial charge is 0.381 e. The van der Waals surface area contributed by atoms with Gasteiger partial charge >= 0.3 is 6.18 Å². The van der Waals surface area contributed by atoms with Crippen LogP contribution in [0.25, 0.3) is 5.69 Å². The van der Waals surface area contributed by atoms with E-state index in [1.54, 1.807) is 12.1 Å². The van der Waals surface area contributed by atoms with E-state index in [0.29, 0.717) is 23.5 Å². The summed E-state index contributed by atoms with van der Waals surface area (Å²) in [6, 6.07) is 7.33. The average molecular weight is 385 g/mol. The molecule has 0 radical (unpaired) electrons. The molecule has 0 amide bonds. The summed E-state index contributed by atoms with van der Waals surface area (Å²) >= 11 is 0. The highest BCUT2D eigenvalue weighted by Crippen LogP contribution is 2.29. The Morgan fingerprint density at radius 1 is 1.00 bits per heavy atom. The van der Waals surface area contributed by atoms with E-state index in [4.69, 9.17) is 0 Å². The zero-order valence-corrected chi connectivity index (χ0v) is 13.9. The maximum Gasteiger partial charge on any atom is 0.434 e. The van der Waals surface area contributed by atoms with Crippen LogP contribution in [0.1, 0.15) is 17.1 Å². The molecule has 0 aliphatic rings. The number of nitrogens with one attached hydrogen (secondary N) is 1. The summed E-state index contributed by atoms with van der Waals surface area (Å²) in [5, 5.41) is 2.78. The third-order valence-corrected chi connectivity index (χ3v) is 3.89. The molecular formula is C18H13F6N3. The first-order valence-electron chi connectivity index (χ1n) is 7.76. The zero-order chi connectivity index (χ0) is 19.8. The summed E-state index contributed by atoms with van der Waals surface area (Å²) in [5.74, 6) is -2.86. The number of hydrogen-bond donors (Lipinski definition) is 1. The van der Waals surface area contributed by atoms with Gasteiger partial charge in [0.1, 0.15) is 23.3 Å². The molecule has 0 aliphatic carbocycles. The first-order chi connectivity index (χ1) is 12.6. The normalized spacial score (nSPS) is 11.7. The number of benzene rings is 2. The molecule has 142 valence electrons. The number of nitrogens with zero attached hydrogens (tertiary/aromatic N) is 2. The van der Waals surface area contributed by atoms with Crippen molar-refractivity contribution in [3.63, 3.8) is 0 Å². The predicted octanol–water partition coefficient (Wildman–Crippen LogP) is 5.23. The van der Waals surface area contributed by atoms with Crippen molar-refractivity contribution in [1.29, 1.82) is 0 Å². The lowest BCUT2D eigenvalue weighted by molar-refractivity contribution is -0.141. The molecule has 0 unspecified atom stereocenters. The number of imidazole rings is 1. The highest BCUT2D eigenvalue weighted by Gasteiger charge is 2.34. The van der Waals surface area contributed by atoms with Crippen molar-refractivity contribution in [2.24, 2.45) is 0 Å². The van der Waals surface area contributed by atoms with Crippen molar-refractivity contribution >= 4 is 5.69 Å². The summed E-state index contributed by atoms with van der Waals surface area (Å²) < 4.78 is 79.7. The Balaban J connectivity index is 1.76. The number of anilines is 1. The molecule has 1 heterocycles. The van der Waals surface area contributed by atoms with E-state index < -0.39 is 29.3 Å². The standard InChI is InChI=1S/C18H13F6N3/c1-10-26-17(18(22,23)24)9-27(10)13-4-2-12(3-5-13)25-8-14-15(20)6-11(19)7-16(14)21/h2-7,9,25H,8H2,1H3. The van der Waals surface area contributed by atoms with E-state index in [0.717, 1.165) is 6.20 Å². The van der Waals surface area contributed by atoms with Gasteiger partial charge in [0, 0.05) is 41.8 Å². The lowest BCUT2D eigenvalue weighted by atomic mass is 10.2. The Morgan fingerprint density at radius 2 is 1.59 bits per heavy atom. The fraction of sp³-hybridized carbons (Fsp3) is 0.167. The van der Waals surface area contributed by atoms with E-state index in [-0.39, 0.29) is 17.9 Å². The lowest BCUT2D eigenvalue weighted by Crippen LogP contribution is -2.05.